The molecule has 0 spiro atoms. The van der Waals surface area contributed by atoms with Gasteiger partial charge in [-0.15, -0.1) is 11.8 Å². The van der Waals surface area contributed by atoms with Crippen LogP contribution in [0.2, 0.25) is 0 Å². The van der Waals surface area contributed by atoms with Crippen molar-refractivity contribution in [3.63, 3.8) is 0 Å². The second-order valence-corrected chi connectivity index (χ2v) is 6.85. The van der Waals surface area contributed by atoms with E-state index < -0.39 is 0 Å². The lowest BCUT2D eigenvalue weighted by molar-refractivity contribution is 0.507. The molecule has 0 aliphatic heterocycles. The number of hydrogen-bond acceptors (Lipinski definition) is 3. The predicted molar refractivity (Wildman–Crippen MR) is 85.7 cm³/mol. The molecular formula is C16H28N2S. The average molecular weight is 280 g/mol. The first kappa shape index (κ1) is 16.5. The Labute approximate surface area is 122 Å². The molecule has 0 radical (unpaired) electrons. The van der Waals surface area contributed by atoms with Crippen molar-refractivity contribution < 1.29 is 0 Å². The molecule has 0 bridgehead atoms. The van der Waals surface area contributed by atoms with Crippen molar-refractivity contribution in [3.05, 3.63) is 24.0 Å². The normalized spacial score (nSPS) is 14.6. The van der Waals surface area contributed by atoms with E-state index in [2.05, 4.69) is 57.1 Å². The molecule has 0 saturated heterocycles. The third-order valence-electron chi connectivity index (χ3n) is 3.43. The van der Waals surface area contributed by atoms with Crippen LogP contribution in [0.3, 0.4) is 0 Å². The lowest BCUT2D eigenvalue weighted by atomic mass is 10.1. The highest BCUT2D eigenvalue weighted by Gasteiger charge is 2.12. The maximum absolute atomic E-state index is 4.63. The van der Waals surface area contributed by atoms with Crippen LogP contribution in [0, 0.1) is 5.92 Å². The standard InChI is InChI=1S/C16H28N2S/c1-6-10-17-15(7-2)16-9-8-14(11-18-16)19-13(5)12(3)4/h8-9,11-13,15,17H,6-7,10H2,1-5H3. The summed E-state index contributed by atoms with van der Waals surface area (Å²) in [6.07, 6.45) is 4.27. The maximum atomic E-state index is 4.63. The number of pyridine rings is 1. The SMILES string of the molecule is CCCNC(CC)c1ccc(SC(C)C(C)C)cn1. The fraction of sp³-hybridized carbons (Fsp3) is 0.688. The number of nitrogens with zero attached hydrogens (tertiary/aromatic N) is 1. The molecule has 1 N–H and O–H groups in total. The Morgan fingerprint density at radius 1 is 1.21 bits per heavy atom. The van der Waals surface area contributed by atoms with Gasteiger partial charge in [0.25, 0.3) is 0 Å². The van der Waals surface area contributed by atoms with Crippen molar-refractivity contribution in [1.29, 1.82) is 0 Å². The van der Waals surface area contributed by atoms with E-state index in [-0.39, 0.29) is 0 Å². The molecule has 1 rings (SSSR count). The van der Waals surface area contributed by atoms with Crippen molar-refractivity contribution in [2.45, 2.75) is 63.6 Å². The summed E-state index contributed by atoms with van der Waals surface area (Å²) in [7, 11) is 0. The van der Waals surface area contributed by atoms with Gasteiger partial charge < -0.3 is 5.32 Å². The molecule has 2 unspecified atom stereocenters. The molecule has 0 aliphatic carbocycles. The predicted octanol–water partition coefficient (Wildman–Crippen LogP) is 4.67. The molecule has 3 heteroatoms. The molecule has 2 atom stereocenters. The summed E-state index contributed by atoms with van der Waals surface area (Å²) in [5, 5.41) is 4.18. The summed E-state index contributed by atoms with van der Waals surface area (Å²) in [4.78, 5) is 5.91. The summed E-state index contributed by atoms with van der Waals surface area (Å²) in [5.74, 6) is 0.694. The van der Waals surface area contributed by atoms with Gasteiger partial charge in [0.15, 0.2) is 0 Å². The Bertz CT molecular complexity index is 348. The number of thioether (sulfide) groups is 1. The topological polar surface area (TPSA) is 24.9 Å². The van der Waals surface area contributed by atoms with Crippen molar-refractivity contribution in [3.8, 4) is 0 Å². The lowest BCUT2D eigenvalue weighted by Crippen LogP contribution is -2.22. The Balaban J connectivity index is 2.64. The maximum Gasteiger partial charge on any atom is 0.0573 e. The van der Waals surface area contributed by atoms with E-state index in [1.165, 1.54) is 4.90 Å². The zero-order valence-electron chi connectivity index (χ0n) is 12.9. The van der Waals surface area contributed by atoms with Crippen molar-refractivity contribution in [1.82, 2.24) is 10.3 Å². The van der Waals surface area contributed by atoms with Crippen molar-refractivity contribution >= 4 is 11.8 Å². The molecule has 0 amide bonds. The number of rotatable bonds is 8. The highest BCUT2D eigenvalue weighted by molar-refractivity contribution is 8.00. The Morgan fingerprint density at radius 3 is 2.42 bits per heavy atom. The average Bonchev–Trinajstić information content (AvgIpc) is 2.41. The molecule has 19 heavy (non-hydrogen) atoms. The molecule has 0 saturated carbocycles. The van der Waals surface area contributed by atoms with Gasteiger partial charge in [0, 0.05) is 22.4 Å². The number of hydrogen-bond donors (Lipinski definition) is 1. The summed E-state index contributed by atoms with van der Waals surface area (Å²) >= 11 is 1.91. The van der Waals surface area contributed by atoms with Gasteiger partial charge in [0.05, 0.1) is 5.69 Å². The smallest absolute Gasteiger partial charge is 0.0573 e. The highest BCUT2D eigenvalue weighted by atomic mass is 32.2. The molecule has 0 aromatic carbocycles. The third-order valence-corrected chi connectivity index (χ3v) is 4.86. The summed E-state index contributed by atoms with van der Waals surface area (Å²) in [5.41, 5.74) is 1.16. The van der Waals surface area contributed by atoms with Crippen molar-refractivity contribution in [2.24, 2.45) is 5.92 Å². The third kappa shape index (κ3) is 5.53. The quantitative estimate of drug-likeness (QED) is 0.701. The van der Waals surface area contributed by atoms with Gasteiger partial charge >= 0.3 is 0 Å². The molecule has 0 aliphatic rings. The first-order chi connectivity index (χ1) is 9.08. The first-order valence-corrected chi connectivity index (χ1v) is 8.32. The summed E-state index contributed by atoms with van der Waals surface area (Å²) < 4.78 is 0. The monoisotopic (exact) mass is 280 g/mol. The fourth-order valence-electron chi connectivity index (χ4n) is 1.79. The molecule has 1 heterocycles. The van der Waals surface area contributed by atoms with E-state index in [9.17, 15) is 0 Å². The zero-order chi connectivity index (χ0) is 14.3. The Hall–Kier alpha value is -0.540. The van der Waals surface area contributed by atoms with Gasteiger partial charge in [-0.05, 0) is 37.4 Å². The fourth-order valence-corrected chi connectivity index (χ4v) is 2.76. The van der Waals surface area contributed by atoms with E-state index in [4.69, 9.17) is 0 Å². The van der Waals surface area contributed by atoms with Crippen LogP contribution in [0.5, 0.6) is 0 Å². The van der Waals surface area contributed by atoms with Crippen LogP contribution in [0.25, 0.3) is 0 Å². The molecule has 1 aromatic rings. The number of aromatic nitrogens is 1. The second-order valence-electron chi connectivity index (χ2n) is 5.40. The Morgan fingerprint density at radius 2 is 1.95 bits per heavy atom. The lowest BCUT2D eigenvalue weighted by Gasteiger charge is -2.17. The van der Waals surface area contributed by atoms with Gasteiger partial charge in [0.2, 0.25) is 0 Å². The van der Waals surface area contributed by atoms with Crippen molar-refractivity contribution in [2.75, 3.05) is 6.54 Å². The van der Waals surface area contributed by atoms with Crippen LogP contribution in [-0.2, 0) is 0 Å². The second kappa shape index (κ2) is 8.60. The molecule has 2 nitrogen and oxygen atoms in total. The van der Waals surface area contributed by atoms with E-state index in [1.54, 1.807) is 0 Å². The van der Waals surface area contributed by atoms with Crippen LogP contribution in [0.15, 0.2) is 23.2 Å². The summed E-state index contributed by atoms with van der Waals surface area (Å²) in [6, 6.07) is 4.77. The van der Waals surface area contributed by atoms with E-state index in [0.29, 0.717) is 17.2 Å². The van der Waals surface area contributed by atoms with E-state index in [1.807, 2.05) is 18.0 Å². The van der Waals surface area contributed by atoms with Crippen LogP contribution in [0.1, 0.15) is 59.2 Å². The van der Waals surface area contributed by atoms with E-state index in [0.717, 1.165) is 25.1 Å². The van der Waals surface area contributed by atoms with Crippen LogP contribution in [-0.4, -0.2) is 16.8 Å². The largest absolute Gasteiger partial charge is 0.309 e. The van der Waals surface area contributed by atoms with E-state index >= 15 is 0 Å². The highest BCUT2D eigenvalue weighted by Crippen LogP contribution is 2.27. The van der Waals surface area contributed by atoms with Crippen LogP contribution >= 0.6 is 11.8 Å². The number of nitrogens with one attached hydrogen (secondary N) is 1. The molecular weight excluding hydrogens is 252 g/mol. The zero-order valence-corrected chi connectivity index (χ0v) is 13.8. The van der Waals surface area contributed by atoms with Gasteiger partial charge in [-0.1, -0.05) is 34.6 Å². The van der Waals surface area contributed by atoms with Gasteiger partial charge in [-0.25, -0.2) is 0 Å². The first-order valence-electron chi connectivity index (χ1n) is 7.44. The minimum Gasteiger partial charge on any atom is -0.309 e. The minimum absolute atomic E-state index is 0.390. The molecule has 0 fully saturated rings. The van der Waals surface area contributed by atoms with Gasteiger partial charge in [-0.2, -0.15) is 0 Å². The van der Waals surface area contributed by atoms with Gasteiger partial charge in [0.1, 0.15) is 0 Å². The van der Waals surface area contributed by atoms with Crippen LogP contribution in [0.4, 0.5) is 0 Å². The molecule has 108 valence electrons. The van der Waals surface area contributed by atoms with Crippen LogP contribution < -0.4 is 5.32 Å². The Kier molecular flexibility index (Phi) is 7.47. The molecule has 1 aromatic heterocycles. The summed E-state index contributed by atoms with van der Waals surface area (Å²) in [6.45, 7) is 12.3. The van der Waals surface area contributed by atoms with Gasteiger partial charge in [-0.3, -0.25) is 4.98 Å². The minimum atomic E-state index is 0.390.